The first-order valence-electron chi connectivity index (χ1n) is 7.17. The first-order valence-corrected chi connectivity index (χ1v) is 7.17. The van der Waals surface area contributed by atoms with Crippen LogP contribution in [0, 0.1) is 0 Å². The van der Waals surface area contributed by atoms with Crippen LogP contribution in [0.25, 0.3) is 0 Å². The lowest BCUT2D eigenvalue weighted by Gasteiger charge is -2.24. The van der Waals surface area contributed by atoms with Crippen LogP contribution >= 0.6 is 0 Å². The van der Waals surface area contributed by atoms with Gasteiger partial charge < -0.3 is 19.5 Å². The summed E-state index contributed by atoms with van der Waals surface area (Å²) >= 11 is 0. The van der Waals surface area contributed by atoms with Crippen molar-refractivity contribution in [2.75, 3.05) is 40.1 Å². The topological polar surface area (TPSA) is 39.7 Å². The first-order chi connectivity index (χ1) is 8.76. The molecule has 0 fully saturated rings. The maximum absolute atomic E-state index is 5.82. The number of methoxy groups -OCH3 is 1. The minimum Gasteiger partial charge on any atom is -0.382 e. The zero-order valence-corrected chi connectivity index (χ0v) is 12.5. The Labute approximate surface area is 112 Å². The molecule has 18 heavy (non-hydrogen) atoms. The summed E-state index contributed by atoms with van der Waals surface area (Å²) < 4.78 is 16.1. The van der Waals surface area contributed by atoms with Crippen molar-refractivity contribution in [3.8, 4) is 0 Å². The number of hydrogen-bond acceptors (Lipinski definition) is 4. The normalized spacial score (nSPS) is 14.7. The summed E-state index contributed by atoms with van der Waals surface area (Å²) in [5, 5.41) is 3.51. The second-order valence-electron chi connectivity index (χ2n) is 4.50. The summed E-state index contributed by atoms with van der Waals surface area (Å²) in [6.45, 7) is 10.4. The van der Waals surface area contributed by atoms with Crippen LogP contribution in [-0.2, 0) is 14.2 Å². The molecular formula is C14H31NO3. The van der Waals surface area contributed by atoms with Crippen molar-refractivity contribution >= 4 is 0 Å². The maximum Gasteiger partial charge on any atom is 0.0700 e. The Hall–Kier alpha value is -0.160. The minimum atomic E-state index is 0.264. The molecule has 0 radical (unpaired) electrons. The summed E-state index contributed by atoms with van der Waals surface area (Å²) in [6.07, 6.45) is 3.47. The molecule has 0 aliphatic carbocycles. The molecule has 0 spiro atoms. The lowest BCUT2D eigenvalue weighted by Crippen LogP contribution is -2.39. The highest BCUT2D eigenvalue weighted by atomic mass is 16.5. The van der Waals surface area contributed by atoms with Gasteiger partial charge in [-0.05, 0) is 32.7 Å². The molecule has 1 N–H and O–H groups in total. The van der Waals surface area contributed by atoms with E-state index >= 15 is 0 Å². The Balaban J connectivity index is 3.46. The van der Waals surface area contributed by atoms with E-state index in [4.69, 9.17) is 14.2 Å². The molecule has 0 bridgehead atoms. The van der Waals surface area contributed by atoms with Gasteiger partial charge in [0.2, 0.25) is 0 Å². The van der Waals surface area contributed by atoms with Crippen LogP contribution in [0.15, 0.2) is 0 Å². The number of hydrogen-bond donors (Lipinski definition) is 1. The molecule has 0 amide bonds. The zero-order valence-electron chi connectivity index (χ0n) is 12.5. The SMILES string of the molecule is CCCNC(CC)C(C)OCCCOCCOC. The van der Waals surface area contributed by atoms with Gasteiger partial charge in [0.05, 0.1) is 19.3 Å². The zero-order chi connectivity index (χ0) is 13.6. The number of nitrogens with one attached hydrogen (secondary N) is 1. The van der Waals surface area contributed by atoms with Crippen LogP contribution in [-0.4, -0.2) is 52.2 Å². The second-order valence-corrected chi connectivity index (χ2v) is 4.50. The van der Waals surface area contributed by atoms with Gasteiger partial charge in [-0.15, -0.1) is 0 Å². The van der Waals surface area contributed by atoms with E-state index in [1.807, 2.05) is 0 Å². The van der Waals surface area contributed by atoms with Gasteiger partial charge in [-0.1, -0.05) is 13.8 Å². The van der Waals surface area contributed by atoms with Crippen molar-refractivity contribution in [3.05, 3.63) is 0 Å². The Kier molecular flexibility index (Phi) is 13.2. The van der Waals surface area contributed by atoms with Gasteiger partial charge in [0, 0.05) is 26.4 Å². The quantitative estimate of drug-likeness (QED) is 0.516. The molecule has 0 aliphatic heterocycles. The molecule has 0 aromatic heterocycles. The largest absolute Gasteiger partial charge is 0.382 e. The average molecular weight is 261 g/mol. The molecule has 4 heteroatoms. The fourth-order valence-corrected chi connectivity index (χ4v) is 1.76. The van der Waals surface area contributed by atoms with Gasteiger partial charge in [0.15, 0.2) is 0 Å². The van der Waals surface area contributed by atoms with E-state index in [0.717, 1.165) is 39.0 Å². The van der Waals surface area contributed by atoms with E-state index in [-0.39, 0.29) is 6.10 Å². The molecule has 110 valence electrons. The fraction of sp³-hybridized carbons (Fsp3) is 1.00. The van der Waals surface area contributed by atoms with Crippen LogP contribution in [0.2, 0.25) is 0 Å². The van der Waals surface area contributed by atoms with Crippen molar-refractivity contribution in [1.82, 2.24) is 5.32 Å². The summed E-state index contributed by atoms with van der Waals surface area (Å²) in [5.74, 6) is 0. The highest BCUT2D eigenvalue weighted by molar-refractivity contribution is 4.71. The molecule has 4 nitrogen and oxygen atoms in total. The van der Waals surface area contributed by atoms with Crippen molar-refractivity contribution in [3.63, 3.8) is 0 Å². The predicted molar refractivity (Wildman–Crippen MR) is 75.1 cm³/mol. The summed E-state index contributed by atoms with van der Waals surface area (Å²) in [7, 11) is 1.68. The van der Waals surface area contributed by atoms with Gasteiger partial charge in [-0.25, -0.2) is 0 Å². The van der Waals surface area contributed by atoms with Crippen molar-refractivity contribution < 1.29 is 14.2 Å². The Morgan fingerprint density at radius 3 is 2.44 bits per heavy atom. The lowest BCUT2D eigenvalue weighted by molar-refractivity contribution is 0.0149. The average Bonchev–Trinajstić information content (AvgIpc) is 2.38. The molecule has 0 aromatic rings. The summed E-state index contributed by atoms with van der Waals surface area (Å²) in [6, 6.07) is 0.458. The smallest absolute Gasteiger partial charge is 0.0700 e. The van der Waals surface area contributed by atoms with Crippen molar-refractivity contribution in [1.29, 1.82) is 0 Å². The Morgan fingerprint density at radius 1 is 1.06 bits per heavy atom. The molecule has 0 aromatic carbocycles. The first kappa shape index (κ1) is 17.8. The van der Waals surface area contributed by atoms with Gasteiger partial charge >= 0.3 is 0 Å². The Bertz CT molecular complexity index is 167. The van der Waals surface area contributed by atoms with Crippen molar-refractivity contribution in [2.45, 2.75) is 52.2 Å². The highest BCUT2D eigenvalue weighted by Gasteiger charge is 2.14. The van der Waals surface area contributed by atoms with E-state index in [2.05, 4.69) is 26.1 Å². The van der Waals surface area contributed by atoms with Crippen LogP contribution in [0.4, 0.5) is 0 Å². The number of ether oxygens (including phenoxy) is 3. The van der Waals surface area contributed by atoms with Crippen LogP contribution < -0.4 is 5.32 Å². The molecule has 0 saturated heterocycles. The third kappa shape index (κ3) is 9.83. The van der Waals surface area contributed by atoms with Gasteiger partial charge in [0.1, 0.15) is 0 Å². The molecule has 0 aliphatic rings. The maximum atomic E-state index is 5.82. The van der Waals surface area contributed by atoms with E-state index in [1.165, 1.54) is 0 Å². The molecule has 0 heterocycles. The summed E-state index contributed by atoms with van der Waals surface area (Å²) in [5.41, 5.74) is 0. The number of rotatable bonds is 13. The molecule has 2 unspecified atom stereocenters. The van der Waals surface area contributed by atoms with Crippen LogP contribution in [0.5, 0.6) is 0 Å². The van der Waals surface area contributed by atoms with E-state index in [0.29, 0.717) is 19.3 Å². The molecule has 0 rings (SSSR count). The van der Waals surface area contributed by atoms with Gasteiger partial charge in [-0.3, -0.25) is 0 Å². The summed E-state index contributed by atoms with van der Waals surface area (Å²) in [4.78, 5) is 0. The molecule has 0 saturated carbocycles. The predicted octanol–water partition coefficient (Wildman–Crippen LogP) is 2.22. The highest BCUT2D eigenvalue weighted by Crippen LogP contribution is 2.04. The van der Waals surface area contributed by atoms with Crippen LogP contribution in [0.1, 0.15) is 40.0 Å². The third-order valence-electron chi connectivity index (χ3n) is 2.91. The minimum absolute atomic E-state index is 0.264. The third-order valence-corrected chi connectivity index (χ3v) is 2.91. The van der Waals surface area contributed by atoms with Crippen molar-refractivity contribution in [2.24, 2.45) is 0 Å². The van der Waals surface area contributed by atoms with Crippen LogP contribution in [0.3, 0.4) is 0 Å². The van der Waals surface area contributed by atoms with E-state index in [9.17, 15) is 0 Å². The standard InChI is InChI=1S/C14H31NO3/c1-5-8-15-14(6-2)13(3)18-10-7-9-17-12-11-16-4/h13-15H,5-12H2,1-4H3. The molecular weight excluding hydrogens is 230 g/mol. The van der Waals surface area contributed by atoms with Gasteiger partial charge in [-0.2, -0.15) is 0 Å². The monoisotopic (exact) mass is 261 g/mol. The van der Waals surface area contributed by atoms with E-state index < -0.39 is 0 Å². The van der Waals surface area contributed by atoms with E-state index in [1.54, 1.807) is 7.11 Å². The lowest BCUT2D eigenvalue weighted by atomic mass is 10.1. The fourth-order valence-electron chi connectivity index (χ4n) is 1.76. The Morgan fingerprint density at radius 2 is 1.83 bits per heavy atom. The van der Waals surface area contributed by atoms with Gasteiger partial charge in [0.25, 0.3) is 0 Å². The second kappa shape index (κ2) is 13.3. The molecule has 2 atom stereocenters.